The smallest absolute Gasteiger partial charge is 0.309 e. The van der Waals surface area contributed by atoms with Crippen molar-refractivity contribution in [1.82, 2.24) is 4.90 Å². The maximum Gasteiger partial charge on any atom is 0.309 e. The minimum absolute atomic E-state index is 0.0543. The molecule has 0 unspecified atom stereocenters. The molecule has 0 atom stereocenters. The molecule has 0 bridgehead atoms. The summed E-state index contributed by atoms with van der Waals surface area (Å²) in [7, 11) is 0. The molecule has 2 rings (SSSR count). The van der Waals surface area contributed by atoms with E-state index in [4.69, 9.17) is 10.5 Å². The topological polar surface area (TPSA) is 72.6 Å². The summed E-state index contributed by atoms with van der Waals surface area (Å²) in [5.41, 5.74) is 5.55. The Balaban J connectivity index is 1.86. The second-order valence-corrected chi connectivity index (χ2v) is 5.68. The van der Waals surface area contributed by atoms with Crippen LogP contribution in [0.3, 0.4) is 0 Å². The molecule has 1 aliphatic heterocycles. The van der Waals surface area contributed by atoms with Crippen LogP contribution >= 0.6 is 0 Å². The maximum atomic E-state index is 12.4. The van der Waals surface area contributed by atoms with Gasteiger partial charge < -0.3 is 15.4 Å². The predicted molar refractivity (Wildman–Crippen MR) is 71.3 cm³/mol. The van der Waals surface area contributed by atoms with Crippen LogP contribution in [-0.2, 0) is 14.3 Å². The van der Waals surface area contributed by atoms with Gasteiger partial charge in [-0.25, -0.2) is 0 Å². The highest BCUT2D eigenvalue weighted by atomic mass is 16.5. The second kappa shape index (κ2) is 5.90. The number of carbonyl (C=O) groups excluding carboxylic acids is 2. The molecule has 1 saturated carbocycles. The minimum Gasteiger partial charge on any atom is -0.466 e. The second-order valence-electron chi connectivity index (χ2n) is 5.68. The summed E-state index contributed by atoms with van der Waals surface area (Å²) < 4.78 is 5.03. The zero-order valence-electron chi connectivity index (χ0n) is 11.7. The molecule has 2 fully saturated rings. The third kappa shape index (κ3) is 3.08. The van der Waals surface area contributed by atoms with Crippen LogP contribution in [0.4, 0.5) is 0 Å². The van der Waals surface area contributed by atoms with Gasteiger partial charge in [0.2, 0.25) is 5.91 Å². The van der Waals surface area contributed by atoms with Gasteiger partial charge in [-0.15, -0.1) is 0 Å². The van der Waals surface area contributed by atoms with Gasteiger partial charge in [-0.1, -0.05) is 12.8 Å². The van der Waals surface area contributed by atoms with E-state index >= 15 is 0 Å². The first-order valence-electron chi connectivity index (χ1n) is 7.32. The fourth-order valence-corrected chi connectivity index (χ4v) is 3.11. The third-order valence-electron chi connectivity index (χ3n) is 4.32. The van der Waals surface area contributed by atoms with Crippen LogP contribution in [0.1, 0.15) is 45.4 Å². The molecule has 0 radical (unpaired) electrons. The number of piperidine rings is 1. The summed E-state index contributed by atoms with van der Waals surface area (Å²) in [6, 6.07) is 0. The Kier molecular flexibility index (Phi) is 4.45. The van der Waals surface area contributed by atoms with Crippen LogP contribution in [0.5, 0.6) is 0 Å². The number of likely N-dealkylation sites (tertiary alicyclic amines) is 1. The molecule has 0 spiro atoms. The number of ether oxygens (including phenoxy) is 1. The zero-order valence-corrected chi connectivity index (χ0v) is 11.7. The average Bonchev–Trinajstić information content (AvgIpc) is 2.86. The summed E-state index contributed by atoms with van der Waals surface area (Å²) >= 11 is 0. The molecule has 5 heteroatoms. The Morgan fingerprint density at radius 3 is 2.37 bits per heavy atom. The van der Waals surface area contributed by atoms with Crippen LogP contribution in [-0.4, -0.2) is 42.0 Å². The lowest BCUT2D eigenvalue weighted by molar-refractivity contribution is -0.152. The number of hydrogen-bond donors (Lipinski definition) is 1. The summed E-state index contributed by atoms with van der Waals surface area (Å²) in [4.78, 5) is 25.9. The normalized spacial score (nSPS) is 23.4. The van der Waals surface area contributed by atoms with Crippen LogP contribution < -0.4 is 5.73 Å². The molecule has 1 saturated heterocycles. The van der Waals surface area contributed by atoms with Crippen molar-refractivity contribution in [3.8, 4) is 0 Å². The highest BCUT2D eigenvalue weighted by Crippen LogP contribution is 2.30. The minimum atomic E-state index is -0.642. The molecule has 5 nitrogen and oxygen atoms in total. The lowest BCUT2D eigenvalue weighted by Crippen LogP contribution is -2.55. The van der Waals surface area contributed by atoms with Crippen molar-refractivity contribution in [1.29, 1.82) is 0 Å². The van der Waals surface area contributed by atoms with E-state index in [9.17, 15) is 9.59 Å². The molecule has 19 heavy (non-hydrogen) atoms. The third-order valence-corrected chi connectivity index (χ3v) is 4.32. The van der Waals surface area contributed by atoms with E-state index < -0.39 is 5.54 Å². The van der Waals surface area contributed by atoms with Crippen molar-refractivity contribution in [2.75, 3.05) is 19.7 Å². The SMILES string of the molecule is CCOC(=O)C1CCN(C(=O)C2(N)CCCC2)CC1. The fourth-order valence-electron chi connectivity index (χ4n) is 3.11. The van der Waals surface area contributed by atoms with Crippen molar-refractivity contribution in [2.24, 2.45) is 11.7 Å². The van der Waals surface area contributed by atoms with E-state index in [1.54, 1.807) is 0 Å². The van der Waals surface area contributed by atoms with E-state index in [1.807, 2.05) is 11.8 Å². The Morgan fingerprint density at radius 2 is 1.84 bits per heavy atom. The number of esters is 1. The predicted octanol–water partition coefficient (Wildman–Crippen LogP) is 1.06. The van der Waals surface area contributed by atoms with Gasteiger partial charge in [-0.3, -0.25) is 9.59 Å². The van der Waals surface area contributed by atoms with E-state index in [1.165, 1.54) is 0 Å². The average molecular weight is 268 g/mol. The summed E-state index contributed by atoms with van der Waals surface area (Å²) in [6.07, 6.45) is 5.07. The van der Waals surface area contributed by atoms with Crippen LogP contribution in [0.2, 0.25) is 0 Å². The molecule has 1 aliphatic carbocycles. The van der Waals surface area contributed by atoms with E-state index in [0.717, 1.165) is 25.7 Å². The first-order valence-corrected chi connectivity index (χ1v) is 7.32. The van der Waals surface area contributed by atoms with E-state index in [2.05, 4.69) is 0 Å². The van der Waals surface area contributed by atoms with E-state index in [-0.39, 0.29) is 17.8 Å². The first-order chi connectivity index (χ1) is 9.07. The summed E-state index contributed by atoms with van der Waals surface area (Å²) in [5.74, 6) is -0.105. The molecule has 1 amide bonds. The Morgan fingerprint density at radius 1 is 1.26 bits per heavy atom. The largest absolute Gasteiger partial charge is 0.466 e. The van der Waals surface area contributed by atoms with Gasteiger partial charge in [0.25, 0.3) is 0 Å². The summed E-state index contributed by atoms with van der Waals surface area (Å²) in [5, 5.41) is 0. The monoisotopic (exact) mass is 268 g/mol. The van der Waals surface area contributed by atoms with Crippen molar-refractivity contribution in [3.63, 3.8) is 0 Å². The van der Waals surface area contributed by atoms with Crippen LogP contribution in [0.25, 0.3) is 0 Å². The Hall–Kier alpha value is -1.10. The molecule has 0 aromatic rings. The van der Waals surface area contributed by atoms with Gasteiger partial charge in [0.1, 0.15) is 0 Å². The molecule has 2 N–H and O–H groups in total. The number of nitrogens with zero attached hydrogens (tertiary/aromatic N) is 1. The van der Waals surface area contributed by atoms with Crippen molar-refractivity contribution >= 4 is 11.9 Å². The zero-order chi connectivity index (χ0) is 13.9. The lowest BCUT2D eigenvalue weighted by atomic mass is 9.92. The first kappa shape index (κ1) is 14.3. The lowest BCUT2D eigenvalue weighted by Gasteiger charge is -2.36. The quantitative estimate of drug-likeness (QED) is 0.777. The molecule has 0 aromatic heterocycles. The van der Waals surface area contributed by atoms with Gasteiger partial charge in [0.15, 0.2) is 0 Å². The number of rotatable bonds is 3. The molecule has 108 valence electrons. The van der Waals surface area contributed by atoms with Crippen LogP contribution in [0.15, 0.2) is 0 Å². The van der Waals surface area contributed by atoms with Crippen LogP contribution in [0, 0.1) is 5.92 Å². The van der Waals surface area contributed by atoms with E-state index in [0.29, 0.717) is 32.5 Å². The fraction of sp³-hybridized carbons (Fsp3) is 0.857. The Labute approximate surface area is 114 Å². The van der Waals surface area contributed by atoms with Crippen molar-refractivity contribution in [3.05, 3.63) is 0 Å². The number of hydrogen-bond acceptors (Lipinski definition) is 4. The number of carbonyl (C=O) groups is 2. The highest BCUT2D eigenvalue weighted by molar-refractivity contribution is 5.86. The molecular formula is C14H24N2O3. The van der Waals surface area contributed by atoms with Gasteiger partial charge in [-0.2, -0.15) is 0 Å². The number of amides is 1. The maximum absolute atomic E-state index is 12.4. The molecule has 0 aromatic carbocycles. The highest BCUT2D eigenvalue weighted by Gasteiger charge is 2.41. The molecular weight excluding hydrogens is 244 g/mol. The van der Waals surface area contributed by atoms with Gasteiger partial charge in [0, 0.05) is 13.1 Å². The molecule has 2 aliphatic rings. The van der Waals surface area contributed by atoms with Crippen molar-refractivity contribution in [2.45, 2.75) is 51.0 Å². The van der Waals surface area contributed by atoms with Gasteiger partial charge in [0.05, 0.1) is 18.1 Å². The van der Waals surface area contributed by atoms with Gasteiger partial charge in [-0.05, 0) is 32.6 Å². The van der Waals surface area contributed by atoms with Gasteiger partial charge >= 0.3 is 5.97 Å². The van der Waals surface area contributed by atoms with Crippen molar-refractivity contribution < 1.29 is 14.3 Å². The molecule has 1 heterocycles. The standard InChI is InChI=1S/C14H24N2O3/c1-2-19-12(17)11-5-9-16(10-6-11)13(18)14(15)7-3-4-8-14/h11H,2-10,15H2,1H3. The summed E-state index contributed by atoms with van der Waals surface area (Å²) in [6.45, 7) is 3.49. The Bertz CT molecular complexity index is 343. The number of nitrogens with two attached hydrogens (primary N) is 1.